The van der Waals surface area contributed by atoms with Crippen molar-refractivity contribution in [2.45, 2.75) is 6.04 Å². The lowest BCUT2D eigenvalue weighted by atomic mass is 10.0. The van der Waals surface area contributed by atoms with Gasteiger partial charge in [0, 0.05) is 25.8 Å². The van der Waals surface area contributed by atoms with Crippen molar-refractivity contribution in [1.29, 1.82) is 0 Å². The van der Waals surface area contributed by atoms with E-state index >= 15 is 0 Å². The van der Waals surface area contributed by atoms with Gasteiger partial charge in [0.1, 0.15) is 10.4 Å². The lowest BCUT2D eigenvalue weighted by Gasteiger charge is -2.35. The molecule has 1 aliphatic heterocycles. The van der Waals surface area contributed by atoms with E-state index in [1.807, 2.05) is 24.3 Å². The largest absolute Gasteiger partial charge is 0.497 e. The average molecular weight is 373 g/mol. The smallest absolute Gasteiger partial charge is 0.254 e. The Morgan fingerprint density at radius 2 is 2.04 bits per heavy atom. The van der Waals surface area contributed by atoms with Crippen LogP contribution in [-0.4, -0.2) is 55.7 Å². The minimum absolute atomic E-state index is 0.0648. The zero-order valence-corrected chi connectivity index (χ0v) is 15.6. The number of hydrogen-bond acceptors (Lipinski definition) is 5. The molecule has 1 aromatic heterocycles. The number of rotatable bonds is 6. The van der Waals surface area contributed by atoms with Crippen LogP contribution in [-0.2, 0) is 4.74 Å². The van der Waals surface area contributed by atoms with Gasteiger partial charge in [-0.25, -0.2) is 0 Å². The molecule has 0 bridgehead atoms. The van der Waals surface area contributed by atoms with Crippen LogP contribution in [0.2, 0.25) is 0 Å². The summed E-state index contributed by atoms with van der Waals surface area (Å²) in [6.07, 6.45) is 1.72. The van der Waals surface area contributed by atoms with E-state index in [1.165, 1.54) is 0 Å². The van der Waals surface area contributed by atoms with Crippen molar-refractivity contribution in [2.24, 2.45) is 0 Å². The maximum Gasteiger partial charge on any atom is 0.254 e. The van der Waals surface area contributed by atoms with Crippen LogP contribution in [0, 0.1) is 4.64 Å². The molecule has 1 saturated heterocycles. The van der Waals surface area contributed by atoms with Crippen LogP contribution in [0.3, 0.4) is 0 Å². The van der Waals surface area contributed by atoms with E-state index in [0.717, 1.165) is 24.4 Å². The molecule has 0 radical (unpaired) electrons. The summed E-state index contributed by atoms with van der Waals surface area (Å²) in [5, 5.41) is 3.02. The minimum Gasteiger partial charge on any atom is -0.497 e. The Morgan fingerprint density at radius 1 is 1.31 bits per heavy atom. The van der Waals surface area contributed by atoms with Crippen LogP contribution in [0.1, 0.15) is 22.0 Å². The van der Waals surface area contributed by atoms with Crippen molar-refractivity contribution in [2.75, 3.05) is 40.0 Å². The summed E-state index contributed by atoms with van der Waals surface area (Å²) in [4.78, 5) is 17.7. The van der Waals surface area contributed by atoms with Crippen LogP contribution in [0.5, 0.6) is 5.75 Å². The number of H-pyrrole nitrogens is 1. The second kappa shape index (κ2) is 8.93. The van der Waals surface area contributed by atoms with Crippen molar-refractivity contribution < 1.29 is 14.3 Å². The summed E-state index contributed by atoms with van der Waals surface area (Å²) in [6, 6.07) is 11.5. The Kier molecular flexibility index (Phi) is 6.38. The van der Waals surface area contributed by atoms with E-state index in [4.69, 9.17) is 21.7 Å². The van der Waals surface area contributed by atoms with Gasteiger partial charge in [0.15, 0.2) is 0 Å². The molecule has 0 spiro atoms. The van der Waals surface area contributed by atoms with Gasteiger partial charge in [-0.1, -0.05) is 24.4 Å². The van der Waals surface area contributed by atoms with Crippen molar-refractivity contribution >= 4 is 18.1 Å². The van der Waals surface area contributed by atoms with Gasteiger partial charge in [-0.2, -0.15) is 0 Å². The Labute approximate surface area is 158 Å². The highest BCUT2D eigenvalue weighted by molar-refractivity contribution is 7.71. The van der Waals surface area contributed by atoms with Crippen LogP contribution in [0.25, 0.3) is 0 Å². The molecule has 1 aromatic carbocycles. The molecule has 1 atom stereocenters. The number of benzene rings is 1. The number of ether oxygens (including phenoxy) is 2. The Morgan fingerprint density at radius 3 is 2.69 bits per heavy atom. The lowest BCUT2D eigenvalue weighted by molar-refractivity contribution is 0.0162. The summed E-state index contributed by atoms with van der Waals surface area (Å²) in [6.45, 7) is 3.56. The fourth-order valence-corrected chi connectivity index (χ4v) is 3.29. The minimum atomic E-state index is -0.168. The molecule has 6 nitrogen and oxygen atoms in total. The SMILES string of the molecule is COc1ccc(C(CNC(=O)c2ccc[nH]c2=S)N2CCOCC2)cc1. The number of methoxy groups -OCH3 is 1. The summed E-state index contributed by atoms with van der Waals surface area (Å²) < 4.78 is 11.2. The van der Waals surface area contributed by atoms with Crippen LogP contribution in [0.15, 0.2) is 42.6 Å². The van der Waals surface area contributed by atoms with Crippen molar-refractivity contribution in [1.82, 2.24) is 15.2 Å². The van der Waals surface area contributed by atoms with E-state index in [1.54, 1.807) is 25.4 Å². The monoisotopic (exact) mass is 373 g/mol. The number of morpholine rings is 1. The van der Waals surface area contributed by atoms with Crippen molar-refractivity contribution in [3.8, 4) is 5.75 Å². The standard InChI is InChI=1S/C19H23N3O3S/c1-24-15-6-4-14(5-7-15)17(22-9-11-25-12-10-22)13-21-18(23)16-3-2-8-20-19(16)26/h2-8,17H,9-13H2,1H3,(H,20,26)(H,21,23). The summed E-state index contributed by atoms with van der Waals surface area (Å²) >= 11 is 5.20. The zero-order valence-electron chi connectivity index (χ0n) is 14.7. The highest BCUT2D eigenvalue weighted by Gasteiger charge is 2.23. The topological polar surface area (TPSA) is 66.6 Å². The molecule has 7 heteroatoms. The van der Waals surface area contributed by atoms with Crippen LogP contribution >= 0.6 is 12.2 Å². The summed E-state index contributed by atoms with van der Waals surface area (Å²) in [5.41, 5.74) is 1.61. The van der Waals surface area contributed by atoms with E-state index in [-0.39, 0.29) is 11.9 Å². The number of hydrogen-bond donors (Lipinski definition) is 2. The summed E-state index contributed by atoms with van der Waals surface area (Å²) in [5.74, 6) is 0.646. The fraction of sp³-hybridized carbons (Fsp3) is 0.368. The second-order valence-corrected chi connectivity index (χ2v) is 6.47. The Bertz CT molecular complexity index is 785. The highest BCUT2D eigenvalue weighted by Crippen LogP contribution is 2.23. The zero-order chi connectivity index (χ0) is 18.4. The number of carbonyl (C=O) groups excluding carboxylic acids is 1. The van der Waals surface area contributed by atoms with E-state index in [2.05, 4.69) is 15.2 Å². The number of aromatic nitrogens is 1. The van der Waals surface area contributed by atoms with E-state index in [0.29, 0.717) is 30.0 Å². The molecule has 1 fully saturated rings. The number of carbonyl (C=O) groups is 1. The predicted molar refractivity (Wildman–Crippen MR) is 102 cm³/mol. The molecule has 138 valence electrons. The van der Waals surface area contributed by atoms with E-state index in [9.17, 15) is 4.79 Å². The Balaban J connectivity index is 1.75. The molecule has 26 heavy (non-hydrogen) atoms. The first-order valence-corrected chi connectivity index (χ1v) is 9.01. The maximum absolute atomic E-state index is 12.5. The number of nitrogens with one attached hydrogen (secondary N) is 2. The first-order chi connectivity index (χ1) is 12.7. The molecular weight excluding hydrogens is 350 g/mol. The predicted octanol–water partition coefficient (Wildman–Crippen LogP) is 2.56. The fourth-order valence-electron chi connectivity index (χ4n) is 3.06. The third kappa shape index (κ3) is 4.49. The second-order valence-electron chi connectivity index (χ2n) is 6.06. The van der Waals surface area contributed by atoms with Gasteiger partial charge in [-0.3, -0.25) is 9.69 Å². The van der Waals surface area contributed by atoms with E-state index < -0.39 is 0 Å². The number of amides is 1. The van der Waals surface area contributed by atoms with Crippen molar-refractivity contribution in [3.05, 3.63) is 58.4 Å². The highest BCUT2D eigenvalue weighted by atomic mass is 32.1. The first kappa shape index (κ1) is 18.6. The van der Waals surface area contributed by atoms with Crippen molar-refractivity contribution in [3.63, 3.8) is 0 Å². The quantitative estimate of drug-likeness (QED) is 0.762. The van der Waals surface area contributed by atoms with Gasteiger partial charge in [0.2, 0.25) is 0 Å². The normalized spacial score (nSPS) is 16.0. The molecular formula is C19H23N3O3S. The van der Waals surface area contributed by atoms with Gasteiger partial charge < -0.3 is 19.8 Å². The molecule has 2 heterocycles. The lowest BCUT2D eigenvalue weighted by Crippen LogP contribution is -2.43. The number of pyridine rings is 1. The van der Waals surface area contributed by atoms with Gasteiger partial charge >= 0.3 is 0 Å². The average Bonchev–Trinajstić information content (AvgIpc) is 2.69. The molecule has 0 aliphatic carbocycles. The third-order valence-electron chi connectivity index (χ3n) is 4.51. The van der Waals surface area contributed by atoms with Gasteiger partial charge in [-0.15, -0.1) is 0 Å². The van der Waals surface area contributed by atoms with Gasteiger partial charge in [-0.05, 0) is 29.8 Å². The molecule has 2 N–H and O–H groups in total. The molecule has 0 saturated carbocycles. The molecule has 3 rings (SSSR count). The first-order valence-electron chi connectivity index (χ1n) is 8.60. The third-order valence-corrected chi connectivity index (χ3v) is 4.84. The van der Waals surface area contributed by atoms with Crippen LogP contribution in [0.4, 0.5) is 0 Å². The Hall–Kier alpha value is -2.22. The van der Waals surface area contributed by atoms with Crippen LogP contribution < -0.4 is 10.1 Å². The number of nitrogens with zero attached hydrogens (tertiary/aromatic N) is 1. The molecule has 1 amide bonds. The molecule has 1 unspecified atom stereocenters. The molecule has 2 aromatic rings. The van der Waals surface area contributed by atoms with Gasteiger partial charge in [0.05, 0.1) is 31.9 Å². The molecule has 1 aliphatic rings. The maximum atomic E-state index is 12.5. The summed E-state index contributed by atoms with van der Waals surface area (Å²) in [7, 11) is 1.65. The van der Waals surface area contributed by atoms with Gasteiger partial charge in [0.25, 0.3) is 5.91 Å². The number of aromatic amines is 1.